The number of H-pyrrole nitrogens is 1. The summed E-state index contributed by atoms with van der Waals surface area (Å²) in [5.41, 5.74) is 5.40. The molecule has 4 aromatic rings. The van der Waals surface area contributed by atoms with Crippen LogP contribution in [0.1, 0.15) is 5.56 Å². The van der Waals surface area contributed by atoms with Crippen LogP contribution in [-0.2, 0) is 0 Å². The van der Waals surface area contributed by atoms with E-state index in [1.54, 1.807) is 12.1 Å². The first-order valence-electron chi connectivity index (χ1n) is 7.45. The van der Waals surface area contributed by atoms with Gasteiger partial charge < -0.3 is 4.98 Å². The van der Waals surface area contributed by atoms with Crippen molar-refractivity contribution in [3.8, 4) is 0 Å². The first-order valence-corrected chi connectivity index (χ1v) is 8.25. The lowest BCUT2D eigenvalue weighted by Crippen LogP contribution is -1.99. The molecular weight excluding hydrogens is 402 g/mol. The van der Waals surface area contributed by atoms with Crippen molar-refractivity contribution in [2.24, 2.45) is 5.10 Å². The molecule has 2 heterocycles. The van der Waals surface area contributed by atoms with Crippen LogP contribution in [0.5, 0.6) is 0 Å². The molecule has 128 valence electrons. The molecule has 2 aromatic carbocycles. The Labute approximate surface area is 154 Å². The predicted octanol–water partition coefficient (Wildman–Crippen LogP) is 3.62. The molecule has 26 heavy (non-hydrogen) atoms. The summed E-state index contributed by atoms with van der Waals surface area (Å²) in [7, 11) is 0. The third-order valence-electron chi connectivity index (χ3n) is 3.64. The Morgan fingerprint density at radius 3 is 2.96 bits per heavy atom. The average molecular weight is 412 g/mol. The molecule has 0 saturated carbocycles. The number of hydrogen-bond donors (Lipinski definition) is 2. The first-order chi connectivity index (χ1) is 12.6. The molecule has 0 unspecified atom stereocenters. The average Bonchev–Trinajstić information content (AvgIpc) is 2.99. The highest BCUT2D eigenvalue weighted by atomic mass is 79.9. The SMILES string of the molecule is O=[N+]([O-])c1cccc(/C=N\Nc2nnc3c(n2)[nH]c2ccc(Br)cc23)c1. The van der Waals surface area contributed by atoms with E-state index in [1.807, 2.05) is 18.2 Å². The van der Waals surface area contributed by atoms with Gasteiger partial charge in [0, 0.05) is 33.1 Å². The summed E-state index contributed by atoms with van der Waals surface area (Å²) in [6, 6.07) is 11.9. The molecule has 0 amide bonds. The number of rotatable bonds is 4. The van der Waals surface area contributed by atoms with E-state index in [-0.39, 0.29) is 11.6 Å². The van der Waals surface area contributed by atoms with Crippen LogP contribution in [0.15, 0.2) is 52.0 Å². The standard InChI is InChI=1S/C16H10BrN7O2/c17-10-4-5-13-12(7-10)14-15(19-13)20-16(23-21-14)22-18-8-9-2-1-3-11(6-9)24(25)26/h1-8H,(H2,19,20,22,23)/b18-8-. The molecule has 0 aliphatic heterocycles. The molecule has 0 aliphatic rings. The van der Waals surface area contributed by atoms with E-state index < -0.39 is 4.92 Å². The summed E-state index contributed by atoms with van der Waals surface area (Å²) >= 11 is 3.43. The lowest BCUT2D eigenvalue weighted by atomic mass is 10.2. The third kappa shape index (κ3) is 3.09. The summed E-state index contributed by atoms with van der Waals surface area (Å²) in [6.45, 7) is 0. The summed E-state index contributed by atoms with van der Waals surface area (Å²) in [5.74, 6) is 0.213. The van der Waals surface area contributed by atoms with E-state index in [2.05, 4.69) is 46.6 Å². The molecule has 0 fully saturated rings. The number of nitrogens with zero attached hydrogens (tertiary/aromatic N) is 5. The fourth-order valence-electron chi connectivity index (χ4n) is 2.47. The highest BCUT2D eigenvalue weighted by Gasteiger charge is 2.09. The van der Waals surface area contributed by atoms with Gasteiger partial charge in [0.2, 0.25) is 0 Å². The number of benzene rings is 2. The van der Waals surface area contributed by atoms with E-state index in [9.17, 15) is 10.1 Å². The molecular formula is C16H10BrN7O2. The van der Waals surface area contributed by atoms with Gasteiger partial charge in [0.1, 0.15) is 5.52 Å². The Bertz CT molecular complexity index is 1170. The van der Waals surface area contributed by atoms with Gasteiger partial charge in [0.05, 0.1) is 11.1 Å². The zero-order valence-electron chi connectivity index (χ0n) is 13.0. The third-order valence-corrected chi connectivity index (χ3v) is 4.13. The number of hydrogen-bond acceptors (Lipinski definition) is 7. The number of nitro benzene ring substituents is 1. The van der Waals surface area contributed by atoms with E-state index >= 15 is 0 Å². The minimum absolute atomic E-state index is 0.00229. The molecule has 10 heteroatoms. The van der Waals surface area contributed by atoms with Gasteiger partial charge in [-0.2, -0.15) is 10.1 Å². The molecule has 9 nitrogen and oxygen atoms in total. The minimum Gasteiger partial charge on any atom is -0.338 e. The lowest BCUT2D eigenvalue weighted by Gasteiger charge is -1.97. The van der Waals surface area contributed by atoms with Gasteiger partial charge in [-0.25, -0.2) is 5.43 Å². The molecule has 0 atom stereocenters. The zero-order chi connectivity index (χ0) is 18.1. The maximum Gasteiger partial charge on any atom is 0.270 e. The molecule has 0 saturated heterocycles. The van der Waals surface area contributed by atoms with E-state index in [4.69, 9.17) is 0 Å². The Kier molecular flexibility index (Phi) is 4.01. The number of nitrogens with one attached hydrogen (secondary N) is 2. The first kappa shape index (κ1) is 16.1. The highest BCUT2D eigenvalue weighted by Crippen LogP contribution is 2.25. The molecule has 0 aliphatic carbocycles. The van der Waals surface area contributed by atoms with Gasteiger partial charge in [0.15, 0.2) is 5.65 Å². The number of fused-ring (bicyclic) bond motifs is 3. The van der Waals surface area contributed by atoms with Gasteiger partial charge in [-0.05, 0) is 18.2 Å². The zero-order valence-corrected chi connectivity index (χ0v) is 14.6. The normalized spacial score (nSPS) is 11.4. The molecule has 2 aromatic heterocycles. The van der Waals surface area contributed by atoms with Gasteiger partial charge >= 0.3 is 0 Å². The van der Waals surface area contributed by atoms with Crippen molar-refractivity contribution in [3.05, 3.63) is 62.6 Å². The molecule has 0 bridgehead atoms. The number of hydrazone groups is 1. The van der Waals surface area contributed by atoms with Crippen LogP contribution in [0, 0.1) is 10.1 Å². The number of aromatic amines is 1. The van der Waals surface area contributed by atoms with Gasteiger partial charge in [-0.3, -0.25) is 10.1 Å². The summed E-state index contributed by atoms with van der Waals surface area (Å²) < 4.78 is 0.941. The van der Waals surface area contributed by atoms with Crippen molar-refractivity contribution in [1.82, 2.24) is 20.2 Å². The van der Waals surface area contributed by atoms with Crippen molar-refractivity contribution in [2.45, 2.75) is 0 Å². The largest absolute Gasteiger partial charge is 0.338 e. The second kappa shape index (κ2) is 6.48. The van der Waals surface area contributed by atoms with Crippen LogP contribution >= 0.6 is 15.9 Å². The van der Waals surface area contributed by atoms with Gasteiger partial charge in [-0.15, -0.1) is 10.2 Å². The number of nitro groups is 1. The second-order valence-electron chi connectivity index (χ2n) is 5.37. The van der Waals surface area contributed by atoms with E-state index in [0.717, 1.165) is 15.4 Å². The Morgan fingerprint density at radius 1 is 1.23 bits per heavy atom. The lowest BCUT2D eigenvalue weighted by molar-refractivity contribution is -0.384. The van der Waals surface area contributed by atoms with Crippen LogP contribution in [-0.4, -0.2) is 31.3 Å². The Balaban J connectivity index is 1.58. The molecule has 2 N–H and O–H groups in total. The van der Waals surface area contributed by atoms with Crippen LogP contribution in [0.3, 0.4) is 0 Å². The van der Waals surface area contributed by atoms with Crippen molar-refractivity contribution in [3.63, 3.8) is 0 Å². The molecule has 0 spiro atoms. The smallest absolute Gasteiger partial charge is 0.270 e. The Hall–Kier alpha value is -3.40. The predicted molar refractivity (Wildman–Crippen MR) is 101 cm³/mol. The molecule has 4 rings (SSSR count). The van der Waals surface area contributed by atoms with Crippen LogP contribution < -0.4 is 5.43 Å². The van der Waals surface area contributed by atoms with Gasteiger partial charge in [0.25, 0.3) is 11.6 Å². The maximum atomic E-state index is 10.8. The number of non-ortho nitro benzene ring substituents is 1. The monoisotopic (exact) mass is 411 g/mol. The minimum atomic E-state index is -0.458. The number of anilines is 1. The fraction of sp³-hybridized carbons (Fsp3) is 0. The fourth-order valence-corrected chi connectivity index (χ4v) is 2.84. The van der Waals surface area contributed by atoms with E-state index in [0.29, 0.717) is 16.7 Å². The summed E-state index contributed by atoms with van der Waals surface area (Å²) in [5, 5.41) is 23.9. The number of aromatic nitrogens is 4. The van der Waals surface area contributed by atoms with Crippen molar-refractivity contribution in [1.29, 1.82) is 0 Å². The Morgan fingerprint density at radius 2 is 2.12 bits per heavy atom. The summed E-state index contributed by atoms with van der Waals surface area (Å²) in [4.78, 5) is 17.8. The van der Waals surface area contributed by atoms with Crippen LogP contribution in [0.25, 0.3) is 22.1 Å². The second-order valence-corrected chi connectivity index (χ2v) is 6.29. The quantitative estimate of drug-likeness (QED) is 0.300. The van der Waals surface area contributed by atoms with Gasteiger partial charge in [-0.1, -0.05) is 28.1 Å². The van der Waals surface area contributed by atoms with Crippen LogP contribution in [0.4, 0.5) is 11.6 Å². The molecule has 0 radical (unpaired) electrons. The van der Waals surface area contributed by atoms with E-state index in [1.165, 1.54) is 18.3 Å². The maximum absolute atomic E-state index is 10.8. The van der Waals surface area contributed by atoms with Crippen molar-refractivity contribution in [2.75, 3.05) is 5.43 Å². The highest BCUT2D eigenvalue weighted by molar-refractivity contribution is 9.10. The summed E-state index contributed by atoms with van der Waals surface area (Å²) in [6.07, 6.45) is 1.45. The van der Waals surface area contributed by atoms with Crippen LogP contribution in [0.2, 0.25) is 0 Å². The number of halogens is 1. The topological polar surface area (TPSA) is 122 Å². The van der Waals surface area contributed by atoms with Crippen molar-refractivity contribution >= 4 is 55.8 Å². The van der Waals surface area contributed by atoms with Crippen molar-refractivity contribution < 1.29 is 4.92 Å².